The van der Waals surface area contributed by atoms with Crippen molar-refractivity contribution in [2.45, 2.75) is 39.2 Å². The molecule has 5 rings (SSSR count). The lowest BCUT2D eigenvalue weighted by atomic mass is 10.0. The SMILES string of the molecule is Cc1ccccc1Nc1ccc(NC(=O)c2ccc(NCCCN3CCCCC3)cc2)c2c1CNC2=O. The monoisotopic (exact) mass is 497 g/mol. The summed E-state index contributed by atoms with van der Waals surface area (Å²) in [6.45, 7) is 6.94. The highest BCUT2D eigenvalue weighted by atomic mass is 16.2. The van der Waals surface area contributed by atoms with Crippen LogP contribution in [0.15, 0.2) is 60.7 Å². The Balaban J connectivity index is 1.20. The second kappa shape index (κ2) is 11.5. The Morgan fingerprint density at radius 3 is 2.46 bits per heavy atom. The quantitative estimate of drug-likeness (QED) is 0.293. The van der Waals surface area contributed by atoms with Crippen molar-refractivity contribution in [3.63, 3.8) is 0 Å². The molecule has 3 aromatic carbocycles. The number of benzene rings is 3. The lowest BCUT2D eigenvalue weighted by Gasteiger charge is -2.26. The summed E-state index contributed by atoms with van der Waals surface area (Å²) in [6, 6.07) is 19.2. The van der Waals surface area contributed by atoms with Gasteiger partial charge in [-0.25, -0.2) is 0 Å². The predicted molar refractivity (Wildman–Crippen MR) is 150 cm³/mol. The topological polar surface area (TPSA) is 85.5 Å². The van der Waals surface area contributed by atoms with Gasteiger partial charge in [0, 0.05) is 41.3 Å². The fraction of sp³-hybridized carbons (Fsp3) is 0.333. The molecule has 0 radical (unpaired) electrons. The first kappa shape index (κ1) is 24.8. The average Bonchev–Trinajstić information content (AvgIpc) is 3.32. The van der Waals surface area contributed by atoms with E-state index in [1.165, 1.54) is 32.4 Å². The van der Waals surface area contributed by atoms with E-state index in [9.17, 15) is 9.59 Å². The molecule has 0 bridgehead atoms. The summed E-state index contributed by atoms with van der Waals surface area (Å²) in [5, 5.41) is 12.7. The molecule has 0 unspecified atom stereocenters. The fourth-order valence-corrected chi connectivity index (χ4v) is 5.08. The van der Waals surface area contributed by atoms with E-state index in [0.29, 0.717) is 23.4 Å². The maximum Gasteiger partial charge on any atom is 0.255 e. The zero-order chi connectivity index (χ0) is 25.6. The van der Waals surface area contributed by atoms with Crippen molar-refractivity contribution in [1.82, 2.24) is 10.2 Å². The number of hydrogen-bond acceptors (Lipinski definition) is 5. The lowest BCUT2D eigenvalue weighted by Crippen LogP contribution is -2.31. The van der Waals surface area contributed by atoms with Gasteiger partial charge in [0.15, 0.2) is 0 Å². The number of nitrogens with one attached hydrogen (secondary N) is 4. The summed E-state index contributed by atoms with van der Waals surface area (Å²) >= 11 is 0. The zero-order valence-electron chi connectivity index (χ0n) is 21.4. The predicted octanol–water partition coefficient (Wildman–Crippen LogP) is 5.52. The van der Waals surface area contributed by atoms with Crippen molar-refractivity contribution >= 4 is 34.6 Å². The van der Waals surface area contributed by atoms with Crippen LogP contribution in [0.3, 0.4) is 0 Å². The largest absolute Gasteiger partial charge is 0.385 e. The Morgan fingerprint density at radius 2 is 1.68 bits per heavy atom. The molecule has 2 aliphatic rings. The van der Waals surface area contributed by atoms with Crippen LogP contribution in [0.4, 0.5) is 22.7 Å². The molecule has 2 amide bonds. The number of carbonyl (C=O) groups excluding carboxylic acids is 2. The number of piperidine rings is 1. The lowest BCUT2D eigenvalue weighted by molar-refractivity contribution is 0.0966. The van der Waals surface area contributed by atoms with Crippen LogP contribution in [0.25, 0.3) is 0 Å². The number of nitrogens with zero attached hydrogens (tertiary/aromatic N) is 1. The minimum absolute atomic E-state index is 0.178. The zero-order valence-corrected chi connectivity index (χ0v) is 21.4. The maximum atomic E-state index is 13.0. The van der Waals surface area contributed by atoms with Crippen LogP contribution in [0, 0.1) is 6.92 Å². The van der Waals surface area contributed by atoms with Gasteiger partial charge < -0.3 is 26.2 Å². The molecule has 7 nitrogen and oxygen atoms in total. The number of rotatable bonds is 9. The molecule has 0 aromatic heterocycles. The molecule has 0 spiro atoms. The van der Waals surface area contributed by atoms with Crippen LogP contribution in [0.2, 0.25) is 0 Å². The summed E-state index contributed by atoms with van der Waals surface area (Å²) in [6.07, 6.45) is 5.10. The van der Waals surface area contributed by atoms with Crippen molar-refractivity contribution in [3.8, 4) is 0 Å². The summed E-state index contributed by atoms with van der Waals surface area (Å²) in [7, 11) is 0. The smallest absolute Gasteiger partial charge is 0.255 e. The normalized spacial score (nSPS) is 15.1. The molecule has 2 aliphatic heterocycles. The van der Waals surface area contributed by atoms with E-state index in [4.69, 9.17) is 0 Å². The van der Waals surface area contributed by atoms with E-state index in [-0.39, 0.29) is 11.8 Å². The van der Waals surface area contributed by atoms with Gasteiger partial charge >= 0.3 is 0 Å². The van der Waals surface area contributed by atoms with Gasteiger partial charge in [0.2, 0.25) is 0 Å². The van der Waals surface area contributed by atoms with Crippen molar-refractivity contribution in [1.29, 1.82) is 0 Å². The van der Waals surface area contributed by atoms with Crippen LogP contribution in [0.5, 0.6) is 0 Å². The molecule has 0 saturated carbocycles. The Hall–Kier alpha value is -3.84. The van der Waals surface area contributed by atoms with E-state index >= 15 is 0 Å². The Kier molecular flexibility index (Phi) is 7.70. The fourth-order valence-electron chi connectivity index (χ4n) is 5.08. The van der Waals surface area contributed by atoms with Gasteiger partial charge in [-0.2, -0.15) is 0 Å². The third kappa shape index (κ3) is 5.94. The molecule has 2 heterocycles. The second-order valence-electron chi connectivity index (χ2n) is 9.85. The molecule has 3 aromatic rings. The van der Waals surface area contributed by atoms with Crippen molar-refractivity contribution in [3.05, 3.63) is 82.9 Å². The number of fused-ring (bicyclic) bond motifs is 1. The molecular weight excluding hydrogens is 462 g/mol. The third-order valence-electron chi connectivity index (χ3n) is 7.20. The number of para-hydroxylation sites is 1. The first-order valence-electron chi connectivity index (χ1n) is 13.2. The molecule has 37 heavy (non-hydrogen) atoms. The minimum Gasteiger partial charge on any atom is -0.385 e. The number of hydrogen-bond donors (Lipinski definition) is 4. The second-order valence-corrected chi connectivity index (χ2v) is 9.85. The van der Waals surface area contributed by atoms with Crippen molar-refractivity contribution in [2.75, 3.05) is 42.1 Å². The van der Waals surface area contributed by atoms with Crippen LogP contribution < -0.4 is 21.3 Å². The molecule has 0 aliphatic carbocycles. The Bertz CT molecular complexity index is 1270. The maximum absolute atomic E-state index is 13.0. The van der Waals surface area contributed by atoms with E-state index in [1.54, 1.807) is 6.07 Å². The Morgan fingerprint density at radius 1 is 0.919 bits per heavy atom. The summed E-state index contributed by atoms with van der Waals surface area (Å²) in [4.78, 5) is 28.2. The molecular formula is C30H35N5O2. The van der Waals surface area contributed by atoms with Gasteiger partial charge in [-0.3, -0.25) is 9.59 Å². The molecule has 1 saturated heterocycles. The third-order valence-corrected chi connectivity index (χ3v) is 7.20. The van der Waals surface area contributed by atoms with Gasteiger partial charge in [-0.05, 0) is 93.8 Å². The first-order chi connectivity index (χ1) is 18.1. The number of anilines is 4. The first-order valence-corrected chi connectivity index (χ1v) is 13.2. The number of aryl methyl sites for hydroxylation is 1. The van der Waals surface area contributed by atoms with E-state index in [2.05, 4.69) is 26.2 Å². The van der Waals surface area contributed by atoms with Crippen molar-refractivity contribution < 1.29 is 9.59 Å². The highest BCUT2D eigenvalue weighted by Gasteiger charge is 2.26. The molecule has 1 fully saturated rings. The molecule has 0 atom stereocenters. The van der Waals surface area contributed by atoms with E-state index < -0.39 is 0 Å². The van der Waals surface area contributed by atoms with Gasteiger partial charge in [0.05, 0.1) is 11.3 Å². The molecule has 7 heteroatoms. The number of carbonyl (C=O) groups is 2. The Labute approximate surface area is 218 Å². The number of amides is 2. The highest BCUT2D eigenvalue weighted by Crippen LogP contribution is 2.33. The summed E-state index contributed by atoms with van der Waals surface area (Å²) in [5.74, 6) is -0.416. The van der Waals surface area contributed by atoms with Gasteiger partial charge in [-0.1, -0.05) is 24.6 Å². The van der Waals surface area contributed by atoms with Gasteiger partial charge in [0.1, 0.15) is 0 Å². The average molecular weight is 498 g/mol. The molecule has 4 N–H and O–H groups in total. The van der Waals surface area contributed by atoms with Crippen LogP contribution in [-0.4, -0.2) is 42.9 Å². The van der Waals surface area contributed by atoms with Crippen LogP contribution in [0.1, 0.15) is 57.5 Å². The van der Waals surface area contributed by atoms with Gasteiger partial charge in [-0.15, -0.1) is 0 Å². The minimum atomic E-state index is -0.238. The summed E-state index contributed by atoms with van der Waals surface area (Å²) in [5.41, 5.74) is 6.40. The van der Waals surface area contributed by atoms with E-state index in [1.807, 2.05) is 61.5 Å². The summed E-state index contributed by atoms with van der Waals surface area (Å²) < 4.78 is 0. The standard InChI is InChI=1S/C30H35N5O2/c1-21-8-3-4-9-25(21)33-26-14-15-27(28-24(26)20-32-30(28)37)34-29(36)22-10-12-23(13-11-22)31-16-7-19-35-17-5-2-6-18-35/h3-4,8-15,31,33H,2,5-7,16-20H2,1H3,(H,32,37)(H,34,36). The van der Waals surface area contributed by atoms with Crippen LogP contribution in [-0.2, 0) is 6.54 Å². The molecule has 192 valence electrons. The van der Waals surface area contributed by atoms with Gasteiger partial charge in [0.25, 0.3) is 11.8 Å². The van der Waals surface area contributed by atoms with Crippen molar-refractivity contribution in [2.24, 2.45) is 0 Å². The van der Waals surface area contributed by atoms with E-state index in [0.717, 1.165) is 47.7 Å². The van der Waals surface area contributed by atoms with Crippen LogP contribution >= 0.6 is 0 Å². The highest BCUT2D eigenvalue weighted by molar-refractivity contribution is 6.11. The number of likely N-dealkylation sites (tertiary alicyclic amines) is 1.